The highest BCUT2D eigenvalue weighted by Gasteiger charge is 2.21. The number of hydrogen-bond acceptors (Lipinski definition) is 9. The molecular formula is C14H10N10OS. The second-order valence-corrected chi connectivity index (χ2v) is 6.32. The predicted molar refractivity (Wildman–Crippen MR) is 96.4 cm³/mol. The van der Waals surface area contributed by atoms with Gasteiger partial charge >= 0.3 is 0 Å². The highest BCUT2D eigenvalue weighted by molar-refractivity contribution is 7.13. The molecule has 0 radical (unpaired) electrons. The van der Waals surface area contributed by atoms with E-state index in [2.05, 4.69) is 29.9 Å². The van der Waals surface area contributed by atoms with Crippen LogP contribution in [0.2, 0.25) is 0 Å². The number of aromatic amines is 1. The predicted octanol–water partition coefficient (Wildman–Crippen LogP) is 0.464. The number of nitrogens with zero attached hydrogens (tertiary/aromatic N) is 7. The maximum Gasteiger partial charge on any atom is 0.280 e. The molecule has 0 spiro atoms. The molecule has 5 rings (SSSR count). The first-order valence-corrected chi connectivity index (χ1v) is 8.28. The SMILES string of the molecule is Nc1nc2c(nc(-c3cccs3)n2-n2cnc3c(N)ncnc32)c(=O)[nH]1. The lowest BCUT2D eigenvalue weighted by Crippen LogP contribution is -2.15. The van der Waals surface area contributed by atoms with Crippen molar-refractivity contribution in [2.45, 2.75) is 0 Å². The third-order valence-corrected chi connectivity index (χ3v) is 4.68. The number of aromatic nitrogens is 8. The Morgan fingerprint density at radius 3 is 2.77 bits per heavy atom. The van der Waals surface area contributed by atoms with Crippen LogP contribution in [-0.4, -0.2) is 39.3 Å². The first-order chi connectivity index (χ1) is 12.6. The molecule has 0 saturated heterocycles. The fraction of sp³-hybridized carbons (Fsp3) is 0. The second kappa shape index (κ2) is 5.10. The largest absolute Gasteiger partial charge is 0.382 e. The molecule has 5 heterocycles. The van der Waals surface area contributed by atoms with Crippen molar-refractivity contribution in [2.24, 2.45) is 0 Å². The van der Waals surface area contributed by atoms with Crippen molar-refractivity contribution in [3.05, 3.63) is 40.5 Å². The van der Waals surface area contributed by atoms with Gasteiger partial charge in [-0.25, -0.2) is 29.3 Å². The molecule has 0 fully saturated rings. The lowest BCUT2D eigenvalue weighted by atomic mass is 10.4. The molecule has 0 unspecified atom stereocenters. The Labute approximate surface area is 148 Å². The van der Waals surface area contributed by atoms with Crippen molar-refractivity contribution in [3.63, 3.8) is 0 Å². The Hall–Kier alpha value is -3.80. The Kier molecular flexibility index (Phi) is 2.85. The van der Waals surface area contributed by atoms with Crippen molar-refractivity contribution in [2.75, 3.05) is 11.5 Å². The fourth-order valence-corrected chi connectivity index (χ4v) is 3.43. The van der Waals surface area contributed by atoms with Gasteiger partial charge in [0.25, 0.3) is 5.56 Å². The van der Waals surface area contributed by atoms with E-state index >= 15 is 0 Å². The molecule has 128 valence electrons. The zero-order valence-electron chi connectivity index (χ0n) is 13.0. The van der Waals surface area contributed by atoms with Gasteiger partial charge in [0.2, 0.25) is 5.95 Å². The zero-order chi connectivity index (χ0) is 17.8. The van der Waals surface area contributed by atoms with Gasteiger partial charge in [0.1, 0.15) is 12.7 Å². The minimum atomic E-state index is -0.428. The van der Waals surface area contributed by atoms with Crippen LogP contribution in [0.4, 0.5) is 11.8 Å². The Morgan fingerprint density at radius 2 is 1.96 bits per heavy atom. The van der Waals surface area contributed by atoms with Crippen LogP contribution in [0.1, 0.15) is 0 Å². The highest BCUT2D eigenvalue weighted by Crippen LogP contribution is 2.28. The number of nitrogens with one attached hydrogen (secondary N) is 1. The molecule has 0 amide bonds. The first-order valence-electron chi connectivity index (χ1n) is 7.40. The molecule has 0 aliphatic carbocycles. The van der Waals surface area contributed by atoms with E-state index in [1.807, 2.05) is 17.5 Å². The normalized spacial score (nSPS) is 11.5. The highest BCUT2D eigenvalue weighted by atomic mass is 32.1. The molecular weight excluding hydrogens is 356 g/mol. The van der Waals surface area contributed by atoms with Gasteiger partial charge in [-0.15, -0.1) is 11.3 Å². The molecule has 0 aromatic carbocycles. The summed E-state index contributed by atoms with van der Waals surface area (Å²) in [6.45, 7) is 0. The molecule has 0 aliphatic heterocycles. The quantitative estimate of drug-likeness (QED) is 0.406. The van der Waals surface area contributed by atoms with Gasteiger partial charge in [-0.3, -0.25) is 9.78 Å². The van der Waals surface area contributed by atoms with Gasteiger partial charge in [0.05, 0.1) is 4.88 Å². The number of imidazole rings is 2. The van der Waals surface area contributed by atoms with E-state index in [1.54, 1.807) is 9.35 Å². The van der Waals surface area contributed by atoms with E-state index in [9.17, 15) is 4.79 Å². The van der Waals surface area contributed by atoms with Crippen LogP contribution in [0.15, 0.2) is 35.0 Å². The molecule has 11 nitrogen and oxygen atoms in total. The maximum absolute atomic E-state index is 12.3. The zero-order valence-corrected chi connectivity index (χ0v) is 13.8. The summed E-state index contributed by atoms with van der Waals surface area (Å²) in [5.41, 5.74) is 12.5. The van der Waals surface area contributed by atoms with Crippen LogP contribution in [0.5, 0.6) is 0 Å². The van der Waals surface area contributed by atoms with E-state index in [4.69, 9.17) is 11.5 Å². The number of fused-ring (bicyclic) bond motifs is 2. The van der Waals surface area contributed by atoms with Crippen molar-refractivity contribution in [1.82, 2.24) is 39.3 Å². The van der Waals surface area contributed by atoms with Crippen LogP contribution in [0.25, 0.3) is 33.0 Å². The molecule has 5 aromatic heterocycles. The van der Waals surface area contributed by atoms with Gasteiger partial charge in [0.15, 0.2) is 34.0 Å². The van der Waals surface area contributed by atoms with Crippen LogP contribution in [-0.2, 0) is 0 Å². The molecule has 0 bridgehead atoms. The van der Waals surface area contributed by atoms with Gasteiger partial charge in [-0.2, -0.15) is 4.98 Å². The second-order valence-electron chi connectivity index (χ2n) is 5.37. The fourth-order valence-electron chi connectivity index (χ4n) is 2.73. The third kappa shape index (κ3) is 1.92. The van der Waals surface area contributed by atoms with E-state index < -0.39 is 5.56 Å². The van der Waals surface area contributed by atoms with E-state index in [0.717, 1.165) is 4.88 Å². The summed E-state index contributed by atoms with van der Waals surface area (Å²) in [5, 5.41) is 1.91. The summed E-state index contributed by atoms with van der Waals surface area (Å²) in [4.78, 5) is 36.8. The Morgan fingerprint density at radius 1 is 1.08 bits per heavy atom. The number of thiophene rings is 1. The summed E-state index contributed by atoms with van der Waals surface area (Å²) >= 11 is 1.48. The van der Waals surface area contributed by atoms with Gasteiger partial charge < -0.3 is 11.5 Å². The minimum absolute atomic E-state index is 0.0139. The average molecular weight is 366 g/mol. The number of H-pyrrole nitrogens is 1. The number of rotatable bonds is 2. The Bertz CT molecular complexity index is 1330. The maximum atomic E-state index is 12.3. The van der Waals surface area contributed by atoms with Gasteiger partial charge in [0, 0.05) is 0 Å². The summed E-state index contributed by atoms with van der Waals surface area (Å²) in [5.74, 6) is 0.746. The van der Waals surface area contributed by atoms with Crippen LogP contribution >= 0.6 is 11.3 Å². The van der Waals surface area contributed by atoms with E-state index in [-0.39, 0.29) is 22.9 Å². The first kappa shape index (κ1) is 14.5. The lowest BCUT2D eigenvalue weighted by Gasteiger charge is -2.09. The molecule has 26 heavy (non-hydrogen) atoms. The molecule has 5 aromatic rings. The monoisotopic (exact) mass is 366 g/mol. The number of hydrogen-bond donors (Lipinski definition) is 3. The lowest BCUT2D eigenvalue weighted by molar-refractivity contribution is 0.697. The van der Waals surface area contributed by atoms with E-state index in [1.165, 1.54) is 24.0 Å². The molecule has 12 heteroatoms. The Balaban J connectivity index is 1.96. The number of nitrogens with two attached hydrogens (primary N) is 2. The van der Waals surface area contributed by atoms with Crippen molar-refractivity contribution < 1.29 is 0 Å². The molecule has 0 atom stereocenters. The minimum Gasteiger partial charge on any atom is -0.382 e. The number of nitrogen functional groups attached to an aromatic ring is 2. The number of anilines is 2. The average Bonchev–Trinajstić information content (AvgIpc) is 3.32. The van der Waals surface area contributed by atoms with Gasteiger partial charge in [-0.1, -0.05) is 6.07 Å². The van der Waals surface area contributed by atoms with Crippen LogP contribution in [0.3, 0.4) is 0 Å². The van der Waals surface area contributed by atoms with Gasteiger partial charge in [-0.05, 0) is 11.4 Å². The van der Waals surface area contributed by atoms with Crippen molar-refractivity contribution >= 4 is 45.4 Å². The van der Waals surface area contributed by atoms with Crippen LogP contribution < -0.4 is 17.0 Å². The van der Waals surface area contributed by atoms with Crippen molar-refractivity contribution in [1.29, 1.82) is 0 Å². The third-order valence-electron chi connectivity index (χ3n) is 3.82. The molecule has 0 saturated carbocycles. The molecule has 0 aliphatic rings. The summed E-state index contributed by atoms with van der Waals surface area (Å²) < 4.78 is 3.25. The van der Waals surface area contributed by atoms with Crippen molar-refractivity contribution in [3.8, 4) is 10.7 Å². The summed E-state index contributed by atoms with van der Waals surface area (Å²) in [6, 6.07) is 3.78. The summed E-state index contributed by atoms with van der Waals surface area (Å²) in [7, 11) is 0. The van der Waals surface area contributed by atoms with Crippen LogP contribution in [0, 0.1) is 0 Å². The smallest absolute Gasteiger partial charge is 0.280 e. The van der Waals surface area contributed by atoms with E-state index in [0.29, 0.717) is 17.0 Å². The molecule has 5 N–H and O–H groups in total. The summed E-state index contributed by atoms with van der Waals surface area (Å²) in [6.07, 6.45) is 2.86. The standard InChI is InChI=1S/C14H10N10OS/c15-9-7-11(18-4-17-9)23(5-19-7)24-10(6-2-1-3-26-6)20-8-12(24)21-14(16)22-13(8)25/h1-5H,(H2,15,17,18)(H3,16,21,22,25). The topological polar surface area (TPSA) is 159 Å².